The number of alkyl halides is 6. The second-order valence-electron chi connectivity index (χ2n) is 10.0. The molecule has 3 aromatic rings. The molecule has 1 aliphatic rings. The second kappa shape index (κ2) is 11.2. The van der Waals surface area contributed by atoms with Crippen LogP contribution in [0.1, 0.15) is 42.4 Å². The summed E-state index contributed by atoms with van der Waals surface area (Å²) in [5.41, 5.74) is -1.81. The Morgan fingerprint density at radius 3 is 1.76 bits per heavy atom. The van der Waals surface area contributed by atoms with Gasteiger partial charge in [-0.2, -0.15) is 26.3 Å². The molecule has 0 saturated heterocycles. The van der Waals surface area contributed by atoms with Gasteiger partial charge in [0.05, 0.1) is 11.5 Å². The quantitative estimate of drug-likeness (QED) is 0.223. The molecule has 14 heteroatoms. The molecule has 4 nitrogen and oxygen atoms in total. The van der Waals surface area contributed by atoms with Crippen molar-refractivity contribution in [3.05, 3.63) is 101 Å². The first-order chi connectivity index (χ1) is 19.5. The number of nitrogens with two attached hydrogens (primary N) is 1. The van der Waals surface area contributed by atoms with Crippen molar-refractivity contribution in [3.63, 3.8) is 0 Å². The summed E-state index contributed by atoms with van der Waals surface area (Å²) in [6.45, 7) is -1.72. The maximum Gasteiger partial charge on any atom is 0.430 e. The third kappa shape index (κ3) is 5.39. The Bertz CT molecular complexity index is 1480. The molecule has 0 unspecified atom stereocenters. The zero-order valence-electron chi connectivity index (χ0n) is 21.6. The Morgan fingerprint density at radius 2 is 1.29 bits per heavy atom. The highest BCUT2D eigenvalue weighted by molar-refractivity contribution is 7.92. The zero-order valence-corrected chi connectivity index (χ0v) is 22.4. The van der Waals surface area contributed by atoms with Crippen molar-refractivity contribution < 1.29 is 52.7 Å². The molecule has 1 saturated carbocycles. The van der Waals surface area contributed by atoms with Gasteiger partial charge < -0.3 is 10.5 Å². The van der Waals surface area contributed by atoms with Crippen LogP contribution >= 0.6 is 0 Å². The first kappa shape index (κ1) is 31.8. The van der Waals surface area contributed by atoms with Gasteiger partial charge in [0.2, 0.25) is 0 Å². The molecule has 3 aromatic carbocycles. The van der Waals surface area contributed by atoms with E-state index in [2.05, 4.69) is 4.74 Å². The van der Waals surface area contributed by atoms with Gasteiger partial charge in [0.1, 0.15) is 22.2 Å². The second-order valence-corrected chi connectivity index (χ2v) is 12.3. The Labute approximate surface area is 235 Å². The molecule has 1 fully saturated rings. The highest BCUT2D eigenvalue weighted by atomic mass is 32.2. The fourth-order valence-corrected chi connectivity index (χ4v) is 7.42. The highest BCUT2D eigenvalue weighted by Crippen LogP contribution is 2.54. The van der Waals surface area contributed by atoms with Gasteiger partial charge in [0, 0.05) is 17.2 Å². The predicted molar refractivity (Wildman–Crippen MR) is 133 cm³/mol. The molecule has 0 aromatic heterocycles. The summed E-state index contributed by atoms with van der Waals surface area (Å²) in [7, 11) is -4.36. The van der Waals surface area contributed by atoms with Gasteiger partial charge >= 0.3 is 12.4 Å². The van der Waals surface area contributed by atoms with Crippen molar-refractivity contribution in [1.29, 1.82) is 0 Å². The minimum absolute atomic E-state index is 0.110. The molecule has 1 aliphatic carbocycles. The van der Waals surface area contributed by atoms with Crippen molar-refractivity contribution in [2.24, 2.45) is 5.73 Å². The molecule has 0 spiro atoms. The van der Waals surface area contributed by atoms with Crippen LogP contribution in [0, 0.1) is 17.5 Å². The zero-order chi connectivity index (χ0) is 31.1. The molecule has 42 heavy (non-hydrogen) atoms. The van der Waals surface area contributed by atoms with E-state index >= 15 is 0 Å². The molecule has 0 bridgehead atoms. The highest BCUT2D eigenvalue weighted by Gasteiger charge is 2.73. The minimum atomic E-state index is -6.16. The molecule has 0 aliphatic heterocycles. The molecule has 0 atom stereocenters. The van der Waals surface area contributed by atoms with Crippen LogP contribution in [0.4, 0.5) is 39.5 Å². The van der Waals surface area contributed by atoms with Crippen molar-refractivity contribution in [3.8, 4) is 0 Å². The van der Waals surface area contributed by atoms with E-state index in [9.17, 15) is 47.9 Å². The lowest BCUT2D eigenvalue weighted by Gasteiger charge is -2.40. The van der Waals surface area contributed by atoms with Crippen LogP contribution in [-0.4, -0.2) is 26.8 Å². The van der Waals surface area contributed by atoms with Gasteiger partial charge in [-0.1, -0.05) is 30.3 Å². The SMILES string of the molecule is N[C@H]1CC[C@@](c2ccc(C(OCc3c(F)cccc3F)(C(F)(F)F)C(F)(F)F)cc2)(S(=O)(=O)c2ccc(F)cc2)CC1. The maximum absolute atomic E-state index is 14.3. The van der Waals surface area contributed by atoms with E-state index in [1.54, 1.807) is 0 Å². The summed E-state index contributed by atoms with van der Waals surface area (Å²) in [5.74, 6) is -3.54. The summed E-state index contributed by atoms with van der Waals surface area (Å²) in [4.78, 5) is -0.293. The lowest BCUT2D eigenvalue weighted by atomic mass is 9.80. The molecule has 0 heterocycles. The lowest BCUT2D eigenvalue weighted by molar-refractivity contribution is -0.392. The van der Waals surface area contributed by atoms with Crippen LogP contribution in [0.15, 0.2) is 71.6 Å². The average Bonchev–Trinajstić information content (AvgIpc) is 2.90. The van der Waals surface area contributed by atoms with E-state index in [4.69, 9.17) is 5.73 Å². The number of sulfone groups is 1. The molecule has 0 amide bonds. The largest absolute Gasteiger partial charge is 0.430 e. The molecule has 2 N–H and O–H groups in total. The van der Waals surface area contributed by atoms with Gasteiger partial charge in [-0.15, -0.1) is 0 Å². The van der Waals surface area contributed by atoms with Crippen LogP contribution in [0.25, 0.3) is 0 Å². The van der Waals surface area contributed by atoms with Gasteiger partial charge in [-0.3, -0.25) is 0 Å². The summed E-state index contributed by atoms with van der Waals surface area (Å²) in [6.07, 6.45) is -12.2. The number of hydrogen-bond donors (Lipinski definition) is 1. The third-order valence-electron chi connectivity index (χ3n) is 7.59. The summed E-state index contributed by atoms with van der Waals surface area (Å²) in [5, 5.41) is 0. The van der Waals surface area contributed by atoms with Crippen LogP contribution < -0.4 is 5.73 Å². The van der Waals surface area contributed by atoms with E-state index in [-0.39, 0.29) is 36.1 Å². The lowest BCUT2D eigenvalue weighted by Crippen LogP contribution is -2.56. The van der Waals surface area contributed by atoms with Crippen LogP contribution in [0.5, 0.6) is 0 Å². The predicted octanol–water partition coefficient (Wildman–Crippen LogP) is 7.21. The van der Waals surface area contributed by atoms with Crippen LogP contribution in [0.2, 0.25) is 0 Å². The topological polar surface area (TPSA) is 69.4 Å². The number of ether oxygens (including phenoxy) is 1. The molecular weight excluding hydrogens is 601 g/mol. The minimum Gasteiger partial charge on any atom is -0.349 e. The number of halogens is 9. The molecule has 4 rings (SSSR count). The molecular formula is C28H24F9NO3S. The normalized spacial score (nSPS) is 20.5. The van der Waals surface area contributed by atoms with E-state index in [0.29, 0.717) is 24.3 Å². The number of hydrogen-bond acceptors (Lipinski definition) is 4. The first-order valence-corrected chi connectivity index (χ1v) is 14.0. The van der Waals surface area contributed by atoms with Crippen molar-refractivity contribution in [1.82, 2.24) is 0 Å². The summed E-state index contributed by atoms with van der Waals surface area (Å²) in [6, 6.07) is 8.16. The van der Waals surface area contributed by atoms with Crippen molar-refractivity contribution >= 4 is 9.84 Å². The smallest absolute Gasteiger partial charge is 0.349 e. The van der Waals surface area contributed by atoms with Gasteiger partial charge in [0.15, 0.2) is 9.84 Å². The summed E-state index contributed by atoms with van der Waals surface area (Å²) < 4.78 is 158. The van der Waals surface area contributed by atoms with Crippen molar-refractivity contribution in [2.75, 3.05) is 0 Å². The van der Waals surface area contributed by atoms with Gasteiger partial charge in [-0.05, 0) is 67.6 Å². The van der Waals surface area contributed by atoms with Crippen LogP contribution in [0.3, 0.4) is 0 Å². The van der Waals surface area contributed by atoms with Gasteiger partial charge in [0.25, 0.3) is 5.60 Å². The monoisotopic (exact) mass is 625 g/mol. The fraction of sp³-hybridized carbons (Fsp3) is 0.357. The standard InChI is InChI=1S/C28H24F9NO3S/c29-19-8-10-21(11-9-19)42(39,40)25(14-12-20(38)13-15-25)17-4-6-18(7-5-17)26(27(32,33)34,28(35,36)37)41-16-22-23(30)2-1-3-24(22)31/h1-11,20H,12-16,38H2/t20-,25+. The van der Waals surface area contributed by atoms with Gasteiger partial charge in [-0.25, -0.2) is 21.6 Å². The van der Waals surface area contributed by atoms with Crippen LogP contribution in [-0.2, 0) is 31.5 Å². The van der Waals surface area contributed by atoms with E-state index in [1.807, 2.05) is 0 Å². The van der Waals surface area contributed by atoms with E-state index < -0.39 is 73.8 Å². The Balaban J connectivity index is 1.84. The van der Waals surface area contributed by atoms with E-state index in [1.165, 1.54) is 0 Å². The maximum atomic E-state index is 14.3. The molecule has 0 radical (unpaired) electrons. The first-order valence-electron chi connectivity index (χ1n) is 12.5. The fourth-order valence-electron chi connectivity index (χ4n) is 5.25. The number of benzene rings is 3. The summed E-state index contributed by atoms with van der Waals surface area (Å²) >= 11 is 0. The number of rotatable bonds is 7. The average molecular weight is 626 g/mol. The van der Waals surface area contributed by atoms with E-state index in [0.717, 1.165) is 42.5 Å². The Morgan fingerprint density at radius 1 is 0.786 bits per heavy atom. The third-order valence-corrected chi connectivity index (χ3v) is 10.2. The molecule has 228 valence electrons. The van der Waals surface area contributed by atoms with Crippen molar-refractivity contribution in [2.45, 2.75) is 65.9 Å². The Hall–Kier alpha value is -3.10. The Kier molecular flexibility index (Phi) is 8.48.